The van der Waals surface area contributed by atoms with Gasteiger partial charge in [0.25, 0.3) is 0 Å². The Balaban J connectivity index is 1.91. The Morgan fingerprint density at radius 1 is 0.944 bits per heavy atom. The van der Waals surface area contributed by atoms with Crippen molar-refractivity contribution in [2.24, 2.45) is 0 Å². The van der Waals surface area contributed by atoms with Crippen LogP contribution in [0.5, 0.6) is 0 Å². The molecule has 1 saturated carbocycles. The molecule has 106 valence electrons. The van der Waals surface area contributed by atoms with Crippen LogP contribution < -0.4 is 5.32 Å². The lowest BCUT2D eigenvalue weighted by Gasteiger charge is -2.42. The lowest BCUT2D eigenvalue weighted by atomic mass is 10.00. The summed E-state index contributed by atoms with van der Waals surface area (Å²) < 4.78 is 0. The molecule has 1 aliphatic heterocycles. The molecule has 0 spiro atoms. The molecule has 0 aromatic carbocycles. The van der Waals surface area contributed by atoms with Gasteiger partial charge in [-0.2, -0.15) is 0 Å². The summed E-state index contributed by atoms with van der Waals surface area (Å²) in [5.41, 5.74) is 0. The van der Waals surface area contributed by atoms with Gasteiger partial charge < -0.3 is 10.2 Å². The van der Waals surface area contributed by atoms with Crippen LogP contribution in [0.25, 0.3) is 0 Å². The number of nitrogens with one attached hydrogen (secondary N) is 1. The van der Waals surface area contributed by atoms with Crippen LogP contribution in [-0.2, 0) is 0 Å². The van der Waals surface area contributed by atoms with Crippen LogP contribution >= 0.6 is 0 Å². The Hall–Kier alpha value is -0.120. The molecule has 2 fully saturated rings. The second-order valence-corrected chi connectivity index (χ2v) is 5.84. The number of nitrogens with zero attached hydrogens (tertiary/aromatic N) is 2. The van der Waals surface area contributed by atoms with E-state index in [1.165, 1.54) is 64.8 Å². The first kappa shape index (κ1) is 14.3. The molecule has 0 bridgehead atoms. The number of rotatable bonds is 4. The lowest BCUT2D eigenvalue weighted by Crippen LogP contribution is -2.56. The zero-order valence-corrected chi connectivity index (χ0v) is 12.3. The highest BCUT2D eigenvalue weighted by atomic mass is 15.3. The van der Waals surface area contributed by atoms with Crippen molar-refractivity contribution < 1.29 is 0 Å². The minimum Gasteiger partial charge on any atom is -0.313 e. The summed E-state index contributed by atoms with van der Waals surface area (Å²) in [5.74, 6) is 0. The molecule has 2 aliphatic rings. The summed E-state index contributed by atoms with van der Waals surface area (Å²) in [6.07, 6.45) is 7.08. The maximum Gasteiger partial charge on any atom is 0.0250 e. The van der Waals surface area contributed by atoms with Crippen molar-refractivity contribution in [3.63, 3.8) is 0 Å². The fourth-order valence-electron chi connectivity index (χ4n) is 3.64. The van der Waals surface area contributed by atoms with E-state index in [9.17, 15) is 0 Å². The minimum atomic E-state index is 0.741. The molecule has 1 aliphatic carbocycles. The summed E-state index contributed by atoms with van der Waals surface area (Å²) in [6, 6.07) is 1.54. The van der Waals surface area contributed by atoms with Crippen LogP contribution in [0.1, 0.15) is 46.0 Å². The summed E-state index contributed by atoms with van der Waals surface area (Å²) in [5, 5.41) is 3.74. The Morgan fingerprint density at radius 3 is 2.33 bits per heavy atom. The van der Waals surface area contributed by atoms with E-state index in [-0.39, 0.29) is 0 Å². The Bertz CT molecular complexity index is 224. The average Bonchev–Trinajstić information content (AvgIpc) is 2.65. The standard InChI is InChI=1S/C15H31N3/c1-3-16-14-8-6-5-7-9-15(14)18-12-10-17(4-2)11-13-18/h14-16H,3-13H2,1-2H3. The normalized spacial score (nSPS) is 32.3. The molecule has 2 rings (SSSR count). The van der Waals surface area contributed by atoms with Gasteiger partial charge in [-0.25, -0.2) is 0 Å². The highest BCUT2D eigenvalue weighted by Gasteiger charge is 2.30. The van der Waals surface area contributed by atoms with Gasteiger partial charge >= 0.3 is 0 Å². The van der Waals surface area contributed by atoms with E-state index in [4.69, 9.17) is 0 Å². The summed E-state index contributed by atoms with van der Waals surface area (Å²) in [7, 11) is 0. The van der Waals surface area contributed by atoms with E-state index < -0.39 is 0 Å². The lowest BCUT2D eigenvalue weighted by molar-refractivity contribution is 0.0776. The Kier molecular flexibility index (Phi) is 5.93. The first-order valence-corrected chi connectivity index (χ1v) is 8.05. The van der Waals surface area contributed by atoms with E-state index in [0.717, 1.165) is 18.6 Å². The van der Waals surface area contributed by atoms with E-state index in [0.29, 0.717) is 0 Å². The smallest absolute Gasteiger partial charge is 0.0250 e. The zero-order chi connectivity index (χ0) is 12.8. The van der Waals surface area contributed by atoms with Crippen molar-refractivity contribution >= 4 is 0 Å². The van der Waals surface area contributed by atoms with E-state index in [2.05, 4.69) is 29.0 Å². The van der Waals surface area contributed by atoms with Crippen molar-refractivity contribution in [1.29, 1.82) is 0 Å². The van der Waals surface area contributed by atoms with Gasteiger partial charge in [-0.3, -0.25) is 4.90 Å². The molecular weight excluding hydrogens is 222 g/mol. The second-order valence-electron chi connectivity index (χ2n) is 5.84. The van der Waals surface area contributed by atoms with Gasteiger partial charge in [-0.05, 0) is 25.9 Å². The van der Waals surface area contributed by atoms with Crippen LogP contribution in [0.2, 0.25) is 0 Å². The number of likely N-dealkylation sites (N-methyl/N-ethyl adjacent to an activating group) is 2. The third-order valence-electron chi connectivity index (χ3n) is 4.77. The summed E-state index contributed by atoms with van der Waals surface area (Å²) >= 11 is 0. The molecule has 0 aromatic rings. The largest absolute Gasteiger partial charge is 0.313 e. The molecule has 3 nitrogen and oxygen atoms in total. The number of hydrogen-bond donors (Lipinski definition) is 1. The quantitative estimate of drug-likeness (QED) is 0.773. The third-order valence-corrected chi connectivity index (χ3v) is 4.77. The highest BCUT2D eigenvalue weighted by Crippen LogP contribution is 2.23. The van der Waals surface area contributed by atoms with Crippen LogP contribution in [0.4, 0.5) is 0 Å². The molecule has 0 aromatic heterocycles. The molecule has 18 heavy (non-hydrogen) atoms. The van der Waals surface area contributed by atoms with Gasteiger partial charge in [-0.1, -0.05) is 33.1 Å². The molecule has 1 heterocycles. The molecule has 1 N–H and O–H groups in total. The molecule has 2 unspecified atom stereocenters. The molecule has 3 heteroatoms. The zero-order valence-electron chi connectivity index (χ0n) is 12.3. The maximum absolute atomic E-state index is 3.74. The average molecular weight is 253 g/mol. The van der Waals surface area contributed by atoms with Crippen molar-refractivity contribution in [2.75, 3.05) is 39.3 Å². The first-order chi connectivity index (χ1) is 8.85. The van der Waals surface area contributed by atoms with Gasteiger partial charge in [0.15, 0.2) is 0 Å². The molecular formula is C15H31N3. The van der Waals surface area contributed by atoms with E-state index in [1.807, 2.05) is 0 Å². The second kappa shape index (κ2) is 7.46. The molecule has 1 saturated heterocycles. The maximum atomic E-state index is 3.74. The van der Waals surface area contributed by atoms with E-state index >= 15 is 0 Å². The predicted octanol–water partition coefficient (Wildman–Crippen LogP) is 1.93. The van der Waals surface area contributed by atoms with Crippen LogP contribution in [-0.4, -0.2) is 61.2 Å². The predicted molar refractivity (Wildman–Crippen MR) is 78.0 cm³/mol. The molecule has 2 atom stereocenters. The SMILES string of the molecule is CCNC1CCCCCC1N1CCN(CC)CC1. The number of hydrogen-bond acceptors (Lipinski definition) is 3. The molecule has 0 amide bonds. The monoisotopic (exact) mass is 253 g/mol. The van der Waals surface area contributed by atoms with Crippen LogP contribution in [0, 0.1) is 0 Å². The summed E-state index contributed by atoms with van der Waals surface area (Å²) in [4.78, 5) is 5.35. The van der Waals surface area contributed by atoms with Crippen molar-refractivity contribution in [3.8, 4) is 0 Å². The molecule has 0 radical (unpaired) electrons. The topological polar surface area (TPSA) is 18.5 Å². The number of piperazine rings is 1. The fourth-order valence-corrected chi connectivity index (χ4v) is 3.64. The van der Waals surface area contributed by atoms with Crippen LogP contribution in [0.3, 0.4) is 0 Å². The Morgan fingerprint density at radius 2 is 1.67 bits per heavy atom. The van der Waals surface area contributed by atoms with Gasteiger partial charge in [-0.15, -0.1) is 0 Å². The van der Waals surface area contributed by atoms with E-state index in [1.54, 1.807) is 0 Å². The minimum absolute atomic E-state index is 0.741. The van der Waals surface area contributed by atoms with Gasteiger partial charge in [0.2, 0.25) is 0 Å². The van der Waals surface area contributed by atoms with Crippen molar-refractivity contribution in [1.82, 2.24) is 15.1 Å². The highest BCUT2D eigenvalue weighted by molar-refractivity contribution is 4.88. The van der Waals surface area contributed by atoms with Gasteiger partial charge in [0.1, 0.15) is 0 Å². The Labute approximate surface area is 113 Å². The van der Waals surface area contributed by atoms with Crippen molar-refractivity contribution in [2.45, 2.75) is 58.0 Å². The van der Waals surface area contributed by atoms with Gasteiger partial charge in [0.05, 0.1) is 0 Å². The fraction of sp³-hybridized carbons (Fsp3) is 1.00. The van der Waals surface area contributed by atoms with Crippen LogP contribution in [0.15, 0.2) is 0 Å². The summed E-state index contributed by atoms with van der Waals surface area (Å²) in [6.45, 7) is 12.0. The van der Waals surface area contributed by atoms with Gasteiger partial charge in [0, 0.05) is 38.3 Å². The first-order valence-electron chi connectivity index (χ1n) is 8.05. The third kappa shape index (κ3) is 3.69. The van der Waals surface area contributed by atoms with Crippen molar-refractivity contribution in [3.05, 3.63) is 0 Å².